The molecule has 0 aromatic heterocycles. The van der Waals surface area contributed by atoms with E-state index >= 15 is 0 Å². The Kier molecular flexibility index (Phi) is 16.7. The molecule has 0 radical (unpaired) electrons. The molecule has 7 heteroatoms. The number of hydrogen-bond acceptors (Lipinski definition) is 7. The van der Waals surface area contributed by atoms with Crippen LogP contribution in [0.2, 0.25) is 0 Å². The Bertz CT molecular complexity index is 3290. The van der Waals surface area contributed by atoms with Crippen LogP contribution in [-0.4, -0.2) is 25.2 Å². The zero-order valence-electron chi connectivity index (χ0n) is 55.3. The van der Waals surface area contributed by atoms with E-state index < -0.39 is 0 Å². The summed E-state index contributed by atoms with van der Waals surface area (Å²) in [6.07, 6.45) is 1.99. The zero-order chi connectivity index (χ0) is 62.5. The Morgan fingerprint density at radius 3 is 0.659 bits per heavy atom. The minimum absolute atomic E-state index is 0.192. The number of fused-ring (bicyclic) bond motifs is 10. The van der Waals surface area contributed by atoms with Gasteiger partial charge in [0.1, 0.15) is 47.7 Å². The number of benzene rings is 7. The molecule has 0 spiro atoms. The summed E-state index contributed by atoms with van der Waals surface area (Å²) < 4.78 is 14.8. The molecule has 7 aromatic carbocycles. The molecule has 2 aliphatic heterocycles. The molecule has 452 valence electrons. The van der Waals surface area contributed by atoms with Crippen molar-refractivity contribution in [1.82, 2.24) is 0 Å². The van der Waals surface area contributed by atoms with E-state index in [0.717, 1.165) is 116 Å². The van der Waals surface area contributed by atoms with E-state index in [4.69, 9.17) is 9.47 Å². The summed E-state index contributed by atoms with van der Waals surface area (Å²) in [4.78, 5) is 1.09. The predicted molar refractivity (Wildman–Crippen MR) is 355 cm³/mol. The molecule has 0 saturated heterocycles. The normalized spacial score (nSPS) is 14.7. The fourth-order valence-corrected chi connectivity index (χ4v) is 13.1. The molecule has 0 aliphatic carbocycles. The van der Waals surface area contributed by atoms with Gasteiger partial charge in [0.2, 0.25) is 0 Å². The summed E-state index contributed by atoms with van der Waals surface area (Å²) in [7, 11) is 0. The van der Waals surface area contributed by atoms with Crippen LogP contribution < -0.4 is 9.47 Å². The highest BCUT2D eigenvalue weighted by atomic mass is 32.2. The fourth-order valence-electron chi connectivity index (χ4n) is 12.0. The molecule has 7 aromatic rings. The van der Waals surface area contributed by atoms with Crippen LogP contribution in [0.5, 0.6) is 34.5 Å². The maximum absolute atomic E-state index is 13.0. The van der Waals surface area contributed by atoms with Crippen LogP contribution in [0.1, 0.15) is 257 Å². The smallest absolute Gasteiger partial charge is 0.126 e. The van der Waals surface area contributed by atoms with Crippen molar-refractivity contribution in [3.8, 4) is 34.5 Å². The quantitative estimate of drug-likeness (QED) is 0.122. The van der Waals surface area contributed by atoms with Gasteiger partial charge in [-0.05, 0) is 133 Å². The van der Waals surface area contributed by atoms with Gasteiger partial charge in [-0.25, -0.2) is 0 Å². The van der Waals surface area contributed by atoms with Crippen molar-refractivity contribution in [3.63, 3.8) is 0 Å². The monoisotopic (exact) mass is 1160 g/mol. The first-order valence-electron chi connectivity index (χ1n) is 30.9. The van der Waals surface area contributed by atoms with Crippen molar-refractivity contribution in [1.29, 1.82) is 0 Å². The van der Waals surface area contributed by atoms with E-state index in [1.807, 2.05) is 11.8 Å². The highest BCUT2D eigenvalue weighted by Gasteiger charge is 2.31. The SMILES string of the molecule is CC(C)(C)Sc1c2cccc1COc1c3cc(C(C)(C)C)cc1Cc1cc(C(C)(C)C)cc(c1O)Cc1cc(C(C)(C)C)cc(c1O)Cc1cc(C(C)(C)C)cc(c1OC2)Cc1cc(C(C)(C)C)cc(c1O)Cc1cc(C(C)(C)C)cc(c1O)C3. The van der Waals surface area contributed by atoms with Gasteiger partial charge in [0, 0.05) is 59.3 Å². The number of ether oxygens (including phenoxy) is 2. The van der Waals surface area contributed by atoms with E-state index in [2.05, 4.69) is 236 Å². The van der Waals surface area contributed by atoms with Gasteiger partial charge < -0.3 is 29.9 Å². The first-order valence-corrected chi connectivity index (χ1v) is 31.7. The topological polar surface area (TPSA) is 99.4 Å². The van der Waals surface area contributed by atoms with Crippen molar-refractivity contribution in [2.24, 2.45) is 0 Å². The molecule has 0 atom stereocenters. The molecule has 2 aliphatic rings. The van der Waals surface area contributed by atoms with Crippen molar-refractivity contribution in [3.05, 3.63) is 202 Å². The van der Waals surface area contributed by atoms with Crippen LogP contribution in [0.15, 0.2) is 95.9 Å². The van der Waals surface area contributed by atoms with Gasteiger partial charge in [0.25, 0.3) is 0 Å². The number of rotatable bonds is 1. The van der Waals surface area contributed by atoms with E-state index in [-0.39, 0.29) is 73.4 Å². The highest BCUT2D eigenvalue weighted by molar-refractivity contribution is 8.00. The lowest BCUT2D eigenvalue weighted by atomic mass is 9.79. The zero-order valence-corrected chi connectivity index (χ0v) is 56.1. The fraction of sp³-hybridized carbons (Fsp3) is 0.462. The summed E-state index contributed by atoms with van der Waals surface area (Å²) in [5.41, 5.74) is 16.6. The number of phenolic OH excluding ortho intramolecular Hbond substituents is 4. The Hall–Kier alpha value is -6.31. The van der Waals surface area contributed by atoms with Crippen LogP contribution in [0, 0.1) is 0 Å². The molecule has 0 unspecified atom stereocenters. The van der Waals surface area contributed by atoms with Gasteiger partial charge in [-0.15, -0.1) is 11.8 Å². The van der Waals surface area contributed by atoms with E-state index in [1.54, 1.807) is 0 Å². The second-order valence-corrected chi connectivity index (χ2v) is 33.9. The van der Waals surface area contributed by atoms with Gasteiger partial charge in [0.15, 0.2) is 0 Å². The third-order valence-electron chi connectivity index (χ3n) is 17.4. The minimum Gasteiger partial charge on any atom is -0.507 e. The van der Waals surface area contributed by atoms with Crippen molar-refractivity contribution < 1.29 is 29.9 Å². The van der Waals surface area contributed by atoms with Gasteiger partial charge in [0.05, 0.1) is 0 Å². The lowest BCUT2D eigenvalue weighted by Gasteiger charge is -2.28. The highest BCUT2D eigenvalue weighted by Crippen LogP contribution is 2.47. The van der Waals surface area contributed by atoms with Crippen LogP contribution in [0.25, 0.3) is 0 Å². The van der Waals surface area contributed by atoms with Crippen LogP contribution in [0.3, 0.4) is 0 Å². The third-order valence-corrected chi connectivity index (χ3v) is 18.7. The average molecular weight is 1160 g/mol. The summed E-state index contributed by atoms with van der Waals surface area (Å²) in [6, 6.07) is 32.8. The van der Waals surface area contributed by atoms with E-state index in [9.17, 15) is 20.4 Å². The lowest BCUT2D eigenvalue weighted by Crippen LogP contribution is -2.17. The number of aromatic hydroxyl groups is 4. The second kappa shape index (κ2) is 22.4. The van der Waals surface area contributed by atoms with Gasteiger partial charge in [-0.2, -0.15) is 0 Å². The first kappa shape index (κ1) is 63.2. The van der Waals surface area contributed by atoms with Crippen LogP contribution in [0.4, 0.5) is 0 Å². The molecule has 9 rings (SSSR count). The molecule has 6 nitrogen and oxygen atoms in total. The van der Waals surface area contributed by atoms with Gasteiger partial charge >= 0.3 is 0 Å². The number of thioether (sulfide) groups is 1. The molecule has 12 bridgehead atoms. The van der Waals surface area contributed by atoms with E-state index in [0.29, 0.717) is 50.0 Å². The average Bonchev–Trinajstić information content (AvgIpc) is 1.47. The van der Waals surface area contributed by atoms with Crippen LogP contribution in [-0.2, 0) is 84.2 Å². The molecule has 85 heavy (non-hydrogen) atoms. The molecular formula is C78H98O6S. The molecular weight excluding hydrogens is 1060 g/mol. The summed E-state index contributed by atoms with van der Waals surface area (Å²) >= 11 is 1.81. The molecule has 2 heterocycles. The maximum atomic E-state index is 13.0. The number of phenols is 4. The van der Waals surface area contributed by atoms with Gasteiger partial charge in [-0.3, -0.25) is 0 Å². The Balaban J connectivity index is 1.49. The number of hydrogen-bond donors (Lipinski definition) is 4. The standard InChI is InChI=1S/C78H98O6S/c1-72(2,3)59-31-47-25-48-32-60(73(4,5)6)36-52(66(48)80)28-57-41-64(77(16,17)18)42-58-30-54-38-62(75(10,11)12)34-50(68(54)82)26-49-33-61(74(7,8)9)37-53(67(49)81)29-56-40-63(76(13,14)15)39-55(27-51(35-59)65(47)79)69(56)83-43-45-23-22-24-46(44-84-70(57)58)71(45)85-78(19,20)21/h22-24,31-42,79-82H,25-30,43-44H2,1-21H3. The lowest BCUT2D eigenvalue weighted by molar-refractivity contribution is 0.288. The van der Waals surface area contributed by atoms with Crippen molar-refractivity contribution in [2.75, 3.05) is 0 Å². The van der Waals surface area contributed by atoms with Crippen molar-refractivity contribution >= 4 is 11.8 Å². The minimum atomic E-state index is -0.294. The molecule has 0 fully saturated rings. The Morgan fingerprint density at radius 2 is 0.471 bits per heavy atom. The predicted octanol–water partition coefficient (Wildman–Crippen LogP) is 19.5. The largest absolute Gasteiger partial charge is 0.507 e. The van der Waals surface area contributed by atoms with Crippen LogP contribution >= 0.6 is 11.8 Å². The summed E-state index contributed by atoms with van der Waals surface area (Å²) in [5, 5.41) is 52.1. The van der Waals surface area contributed by atoms with Crippen molar-refractivity contribution in [2.45, 2.75) is 239 Å². The summed E-state index contributed by atoms with van der Waals surface area (Å²) in [6.45, 7) is 47.2. The maximum Gasteiger partial charge on any atom is 0.126 e. The Morgan fingerprint density at radius 1 is 0.282 bits per heavy atom. The molecule has 0 saturated carbocycles. The van der Waals surface area contributed by atoms with Gasteiger partial charge in [-0.1, -0.05) is 236 Å². The molecule has 4 N–H and O–H groups in total. The second-order valence-electron chi connectivity index (χ2n) is 32.1. The van der Waals surface area contributed by atoms with E-state index in [1.165, 1.54) is 0 Å². The summed E-state index contributed by atoms with van der Waals surface area (Å²) in [5.74, 6) is 2.21. The Labute approximate surface area is 514 Å². The molecule has 0 amide bonds. The first-order chi connectivity index (χ1) is 39.1. The third kappa shape index (κ3) is 13.9.